The number of fused-ring (bicyclic) bond motifs is 1. The molecule has 1 fully saturated rings. The number of carbonyl (C=O) groups excluding carboxylic acids is 2. The second kappa shape index (κ2) is 6.76. The molecule has 2 aromatic rings. The van der Waals surface area contributed by atoms with E-state index in [1.54, 1.807) is 25.1 Å². The monoisotopic (exact) mass is 408 g/mol. The highest BCUT2D eigenvalue weighted by Crippen LogP contribution is 2.38. The molecule has 2 heterocycles. The van der Waals surface area contributed by atoms with E-state index < -0.39 is 5.54 Å². The highest BCUT2D eigenvalue weighted by atomic mass is 16.7. The van der Waals surface area contributed by atoms with Gasteiger partial charge in [0.25, 0.3) is 5.91 Å². The van der Waals surface area contributed by atoms with Crippen LogP contribution in [-0.4, -0.2) is 23.6 Å². The van der Waals surface area contributed by atoms with E-state index in [4.69, 9.17) is 9.47 Å². The van der Waals surface area contributed by atoms with E-state index >= 15 is 0 Å². The van der Waals surface area contributed by atoms with Crippen LogP contribution in [0.3, 0.4) is 0 Å². The molecule has 6 nitrogen and oxygen atoms in total. The summed E-state index contributed by atoms with van der Waals surface area (Å²) >= 11 is 0. The summed E-state index contributed by atoms with van der Waals surface area (Å²) in [5.74, 6) is 0.949. The predicted octanol–water partition coefficient (Wildman–Crippen LogP) is 4.30. The number of rotatable bonds is 3. The van der Waals surface area contributed by atoms with E-state index in [1.807, 2.05) is 13.8 Å². The Morgan fingerprint density at radius 2 is 1.67 bits per heavy atom. The number of ether oxygens (including phenoxy) is 2. The lowest BCUT2D eigenvalue weighted by molar-refractivity contribution is -0.131. The number of carbonyl (C=O) groups is 2. The van der Waals surface area contributed by atoms with E-state index in [9.17, 15) is 9.59 Å². The summed E-state index contributed by atoms with van der Waals surface area (Å²) < 4.78 is 10.8. The minimum atomic E-state index is -1.15. The highest BCUT2D eigenvalue weighted by Gasteiger charge is 2.49. The summed E-state index contributed by atoms with van der Waals surface area (Å²) in [7, 11) is 0. The average molecular weight is 408 g/mol. The van der Waals surface area contributed by atoms with Crippen molar-refractivity contribution >= 4 is 11.9 Å². The van der Waals surface area contributed by atoms with Crippen molar-refractivity contribution in [3.63, 3.8) is 0 Å². The Morgan fingerprint density at radius 1 is 1.03 bits per heavy atom. The zero-order chi connectivity index (χ0) is 21.8. The highest BCUT2D eigenvalue weighted by molar-refractivity contribution is 6.07. The molecular weight excluding hydrogens is 380 g/mol. The molecule has 0 aromatic heterocycles. The molecule has 0 spiro atoms. The molecule has 0 bridgehead atoms. The van der Waals surface area contributed by atoms with Gasteiger partial charge >= 0.3 is 6.03 Å². The van der Waals surface area contributed by atoms with Crippen LogP contribution in [0.25, 0.3) is 0 Å². The van der Waals surface area contributed by atoms with Crippen LogP contribution in [0.2, 0.25) is 0 Å². The van der Waals surface area contributed by atoms with Gasteiger partial charge in [0, 0.05) is 0 Å². The molecule has 2 aliphatic heterocycles. The second-order valence-corrected chi connectivity index (χ2v) is 9.35. The quantitative estimate of drug-likeness (QED) is 0.769. The Labute approximate surface area is 177 Å². The molecule has 6 heteroatoms. The molecule has 1 N–H and O–H groups in total. The van der Waals surface area contributed by atoms with Crippen molar-refractivity contribution in [3.05, 3.63) is 58.1 Å². The van der Waals surface area contributed by atoms with E-state index in [-0.39, 0.29) is 30.7 Å². The second-order valence-electron chi connectivity index (χ2n) is 9.35. The van der Waals surface area contributed by atoms with E-state index in [0.717, 1.165) is 16.7 Å². The summed E-state index contributed by atoms with van der Waals surface area (Å²) in [5.41, 5.74) is 3.96. The van der Waals surface area contributed by atoms with Crippen molar-refractivity contribution < 1.29 is 19.1 Å². The third-order valence-electron chi connectivity index (χ3n) is 6.10. The van der Waals surface area contributed by atoms with Crippen molar-refractivity contribution in [2.75, 3.05) is 6.79 Å². The average Bonchev–Trinajstić information content (AvgIpc) is 3.21. The summed E-state index contributed by atoms with van der Waals surface area (Å²) in [4.78, 5) is 27.5. The van der Waals surface area contributed by atoms with Crippen molar-refractivity contribution in [1.29, 1.82) is 0 Å². The Morgan fingerprint density at radius 3 is 2.30 bits per heavy atom. The van der Waals surface area contributed by atoms with Crippen LogP contribution in [0.1, 0.15) is 55.5 Å². The standard InChI is InChI=1S/C24H28N2O4/c1-14-9-17(23(3,4)5)10-15(2)18(14)12-26-21(27)24(6,25-22(26)28)16-7-8-19-20(11-16)30-13-29-19/h7-11H,12-13H2,1-6H3,(H,25,28)/t24-/m0/s1. The Balaban J connectivity index is 1.64. The maximum Gasteiger partial charge on any atom is 0.325 e. The summed E-state index contributed by atoms with van der Waals surface area (Å²) in [5, 5.41) is 2.87. The van der Waals surface area contributed by atoms with E-state index in [1.165, 1.54) is 10.5 Å². The van der Waals surface area contributed by atoms with Gasteiger partial charge in [0.05, 0.1) is 6.54 Å². The fraction of sp³-hybridized carbons (Fsp3) is 0.417. The zero-order valence-corrected chi connectivity index (χ0v) is 18.4. The van der Waals surface area contributed by atoms with Crippen LogP contribution in [0, 0.1) is 13.8 Å². The van der Waals surface area contributed by atoms with Crippen molar-refractivity contribution in [3.8, 4) is 11.5 Å². The third-order valence-corrected chi connectivity index (χ3v) is 6.10. The Bertz CT molecular complexity index is 1030. The first-order valence-electron chi connectivity index (χ1n) is 10.2. The molecule has 0 unspecified atom stereocenters. The van der Waals surface area contributed by atoms with Gasteiger partial charge < -0.3 is 14.8 Å². The molecule has 4 rings (SSSR count). The molecule has 3 amide bonds. The molecular formula is C24H28N2O4. The fourth-order valence-electron chi connectivity index (χ4n) is 4.08. The number of nitrogens with one attached hydrogen (secondary N) is 1. The number of aryl methyl sites for hydroxylation is 2. The van der Waals surface area contributed by atoms with Gasteiger partial charge in [-0.2, -0.15) is 0 Å². The SMILES string of the molecule is Cc1cc(C(C)(C)C)cc(C)c1CN1C(=O)N[C@@](C)(c2ccc3c(c2)OCO3)C1=O. The first-order valence-corrected chi connectivity index (χ1v) is 10.2. The smallest absolute Gasteiger partial charge is 0.325 e. The van der Waals surface area contributed by atoms with Crippen molar-refractivity contribution in [2.24, 2.45) is 0 Å². The molecule has 158 valence electrons. The van der Waals surface area contributed by atoms with E-state index in [0.29, 0.717) is 17.1 Å². The Hall–Kier alpha value is -3.02. The number of urea groups is 1. The molecule has 2 aliphatic rings. The number of hydrogen-bond acceptors (Lipinski definition) is 4. The largest absolute Gasteiger partial charge is 0.454 e. The molecule has 0 aliphatic carbocycles. The molecule has 0 radical (unpaired) electrons. The molecule has 2 aromatic carbocycles. The zero-order valence-electron chi connectivity index (χ0n) is 18.4. The predicted molar refractivity (Wildman–Crippen MR) is 114 cm³/mol. The third kappa shape index (κ3) is 3.20. The number of hydrogen-bond donors (Lipinski definition) is 1. The fourth-order valence-corrected chi connectivity index (χ4v) is 4.08. The van der Waals surface area contributed by atoms with Gasteiger partial charge in [-0.3, -0.25) is 9.69 Å². The summed E-state index contributed by atoms with van der Waals surface area (Å²) in [6.45, 7) is 12.7. The first kappa shape index (κ1) is 20.3. The lowest BCUT2D eigenvalue weighted by Gasteiger charge is -2.25. The number of imide groups is 1. The molecule has 1 atom stereocenters. The van der Waals surface area contributed by atoms with Crippen LogP contribution >= 0.6 is 0 Å². The van der Waals surface area contributed by atoms with Crippen LogP contribution in [0.5, 0.6) is 11.5 Å². The molecule has 1 saturated heterocycles. The van der Waals surface area contributed by atoms with Gasteiger partial charge in [-0.25, -0.2) is 4.79 Å². The van der Waals surface area contributed by atoms with Crippen LogP contribution in [0.15, 0.2) is 30.3 Å². The van der Waals surface area contributed by atoms with Gasteiger partial charge in [0.15, 0.2) is 11.5 Å². The lowest BCUT2D eigenvalue weighted by Crippen LogP contribution is -2.40. The summed E-state index contributed by atoms with van der Waals surface area (Å²) in [6, 6.07) is 9.24. The minimum absolute atomic E-state index is 0.0345. The van der Waals surface area contributed by atoms with Gasteiger partial charge in [-0.15, -0.1) is 0 Å². The number of amides is 3. The maximum atomic E-state index is 13.4. The van der Waals surface area contributed by atoms with Gasteiger partial charge in [-0.05, 0) is 66.1 Å². The van der Waals surface area contributed by atoms with Crippen molar-refractivity contribution in [1.82, 2.24) is 10.2 Å². The first-order chi connectivity index (χ1) is 14.0. The molecule has 0 saturated carbocycles. The van der Waals surface area contributed by atoms with Crippen LogP contribution < -0.4 is 14.8 Å². The van der Waals surface area contributed by atoms with Crippen LogP contribution in [0.4, 0.5) is 4.79 Å². The normalized spacial score (nSPS) is 20.7. The lowest BCUT2D eigenvalue weighted by atomic mass is 9.83. The van der Waals surface area contributed by atoms with Crippen molar-refractivity contribution in [2.45, 2.75) is 59.0 Å². The topological polar surface area (TPSA) is 67.9 Å². The van der Waals surface area contributed by atoms with Gasteiger partial charge in [0.1, 0.15) is 5.54 Å². The van der Waals surface area contributed by atoms with E-state index in [2.05, 4.69) is 38.2 Å². The maximum absolute atomic E-state index is 13.4. The number of nitrogens with zero attached hydrogens (tertiary/aromatic N) is 1. The van der Waals surface area contributed by atoms with Gasteiger partial charge in [-0.1, -0.05) is 39.0 Å². The minimum Gasteiger partial charge on any atom is -0.454 e. The summed E-state index contributed by atoms with van der Waals surface area (Å²) in [6.07, 6.45) is 0. The molecule has 30 heavy (non-hydrogen) atoms. The van der Waals surface area contributed by atoms with Gasteiger partial charge in [0.2, 0.25) is 6.79 Å². The number of benzene rings is 2. The van der Waals surface area contributed by atoms with Crippen LogP contribution in [-0.2, 0) is 22.3 Å². The Kier molecular flexibility index (Phi) is 4.56.